The molecule has 0 radical (unpaired) electrons. The Morgan fingerprint density at radius 3 is 2.62 bits per heavy atom. The Morgan fingerprint density at radius 2 is 2.00 bits per heavy atom. The Hall–Kier alpha value is -0.120. The first-order valence-corrected chi connectivity index (χ1v) is 6.73. The number of rotatable bonds is 6. The molecular formula is C13H25NO2. The van der Waals surface area contributed by atoms with Crippen molar-refractivity contribution in [1.82, 2.24) is 5.32 Å². The molecule has 0 aliphatic heterocycles. The van der Waals surface area contributed by atoms with Gasteiger partial charge in [0, 0.05) is 19.8 Å². The van der Waals surface area contributed by atoms with Crippen LogP contribution in [0, 0.1) is 5.92 Å². The minimum atomic E-state index is 0.265. The molecule has 0 spiro atoms. The number of ether oxygens (including phenoxy) is 2. The molecule has 94 valence electrons. The van der Waals surface area contributed by atoms with Crippen LogP contribution in [0.4, 0.5) is 0 Å². The van der Waals surface area contributed by atoms with Crippen LogP contribution in [0.25, 0.3) is 0 Å². The summed E-state index contributed by atoms with van der Waals surface area (Å²) in [6.45, 7) is 4.10. The molecule has 0 aromatic carbocycles. The third-order valence-electron chi connectivity index (χ3n) is 4.01. The maximum Gasteiger partial charge on any atom is 0.0986 e. The van der Waals surface area contributed by atoms with Gasteiger partial charge in [-0.15, -0.1) is 0 Å². The highest BCUT2D eigenvalue weighted by atomic mass is 16.5. The van der Waals surface area contributed by atoms with Crippen molar-refractivity contribution in [3.05, 3.63) is 0 Å². The van der Waals surface area contributed by atoms with E-state index in [0.29, 0.717) is 12.1 Å². The van der Waals surface area contributed by atoms with Gasteiger partial charge in [0.2, 0.25) is 0 Å². The van der Waals surface area contributed by atoms with Gasteiger partial charge in [-0.2, -0.15) is 0 Å². The first kappa shape index (κ1) is 12.3. The maximum absolute atomic E-state index is 5.98. The van der Waals surface area contributed by atoms with Gasteiger partial charge < -0.3 is 14.8 Å². The summed E-state index contributed by atoms with van der Waals surface area (Å²) in [5.41, 5.74) is 0. The van der Waals surface area contributed by atoms with E-state index in [2.05, 4.69) is 12.2 Å². The van der Waals surface area contributed by atoms with Gasteiger partial charge in [0.25, 0.3) is 0 Å². The minimum absolute atomic E-state index is 0.265. The zero-order chi connectivity index (χ0) is 11.4. The molecule has 0 aromatic heterocycles. The molecule has 2 aliphatic rings. The molecule has 0 amide bonds. The predicted octanol–water partition coefficient (Wildman–Crippen LogP) is 1.96. The predicted molar refractivity (Wildman–Crippen MR) is 64.6 cm³/mol. The standard InChI is InChI=1S/C13H25NO2/c1-3-14-11-8-12(13(11)15-2)16-9-10-6-4-5-7-10/h10-14H,3-9H2,1-2H3. The lowest BCUT2D eigenvalue weighted by Crippen LogP contribution is -2.59. The summed E-state index contributed by atoms with van der Waals surface area (Å²) in [6, 6.07) is 0.503. The lowest BCUT2D eigenvalue weighted by atomic mass is 9.85. The zero-order valence-corrected chi connectivity index (χ0v) is 10.6. The second-order valence-corrected chi connectivity index (χ2v) is 5.12. The number of methoxy groups -OCH3 is 1. The van der Waals surface area contributed by atoms with Crippen molar-refractivity contribution < 1.29 is 9.47 Å². The van der Waals surface area contributed by atoms with Crippen molar-refractivity contribution >= 4 is 0 Å². The van der Waals surface area contributed by atoms with Crippen LogP contribution in [-0.4, -0.2) is 38.5 Å². The number of hydrogen-bond donors (Lipinski definition) is 1. The molecule has 16 heavy (non-hydrogen) atoms. The van der Waals surface area contributed by atoms with Crippen molar-refractivity contribution in [2.24, 2.45) is 5.92 Å². The highest BCUT2D eigenvalue weighted by molar-refractivity contribution is 4.97. The fourth-order valence-corrected chi connectivity index (χ4v) is 2.96. The van der Waals surface area contributed by atoms with Crippen LogP contribution in [0.15, 0.2) is 0 Å². The second-order valence-electron chi connectivity index (χ2n) is 5.12. The van der Waals surface area contributed by atoms with Gasteiger partial charge in [-0.1, -0.05) is 19.8 Å². The van der Waals surface area contributed by atoms with Crippen molar-refractivity contribution in [3.63, 3.8) is 0 Å². The van der Waals surface area contributed by atoms with Gasteiger partial charge in [0.15, 0.2) is 0 Å². The van der Waals surface area contributed by atoms with Gasteiger partial charge in [-0.25, -0.2) is 0 Å². The average Bonchev–Trinajstić information content (AvgIpc) is 2.75. The highest BCUT2D eigenvalue weighted by Crippen LogP contribution is 2.30. The van der Waals surface area contributed by atoms with E-state index in [4.69, 9.17) is 9.47 Å². The Kier molecular flexibility index (Phi) is 4.62. The normalized spacial score (nSPS) is 35.2. The third-order valence-corrected chi connectivity index (χ3v) is 4.01. The Balaban J connectivity index is 1.66. The Bertz CT molecular complexity index is 204. The molecule has 3 unspecified atom stereocenters. The fraction of sp³-hybridized carbons (Fsp3) is 1.00. The van der Waals surface area contributed by atoms with E-state index in [9.17, 15) is 0 Å². The van der Waals surface area contributed by atoms with E-state index in [1.54, 1.807) is 7.11 Å². The molecule has 0 saturated heterocycles. The largest absolute Gasteiger partial charge is 0.377 e. The molecule has 3 nitrogen and oxygen atoms in total. The molecule has 1 N–H and O–H groups in total. The minimum Gasteiger partial charge on any atom is -0.377 e. The van der Waals surface area contributed by atoms with Crippen molar-refractivity contribution in [3.8, 4) is 0 Å². The first-order chi connectivity index (χ1) is 7.85. The van der Waals surface area contributed by atoms with Gasteiger partial charge in [-0.3, -0.25) is 0 Å². The number of hydrogen-bond acceptors (Lipinski definition) is 3. The SMILES string of the molecule is CCNC1CC(OCC2CCCC2)C1OC. The summed E-state index contributed by atoms with van der Waals surface area (Å²) in [7, 11) is 1.79. The Morgan fingerprint density at radius 1 is 1.25 bits per heavy atom. The summed E-state index contributed by atoms with van der Waals surface area (Å²) in [5.74, 6) is 0.815. The van der Waals surface area contributed by atoms with E-state index in [-0.39, 0.29) is 6.10 Å². The monoisotopic (exact) mass is 227 g/mol. The first-order valence-electron chi connectivity index (χ1n) is 6.73. The lowest BCUT2D eigenvalue weighted by molar-refractivity contribution is -0.139. The molecule has 2 aliphatic carbocycles. The molecular weight excluding hydrogens is 202 g/mol. The quantitative estimate of drug-likeness (QED) is 0.752. The van der Waals surface area contributed by atoms with Crippen LogP contribution < -0.4 is 5.32 Å². The molecule has 0 bridgehead atoms. The van der Waals surface area contributed by atoms with E-state index >= 15 is 0 Å². The van der Waals surface area contributed by atoms with Crippen LogP contribution in [0.3, 0.4) is 0 Å². The fourth-order valence-electron chi connectivity index (χ4n) is 2.96. The third kappa shape index (κ3) is 2.76. The smallest absolute Gasteiger partial charge is 0.0986 e. The maximum atomic E-state index is 5.98. The van der Waals surface area contributed by atoms with Crippen LogP contribution >= 0.6 is 0 Å². The van der Waals surface area contributed by atoms with Crippen LogP contribution in [0.1, 0.15) is 39.0 Å². The van der Waals surface area contributed by atoms with Gasteiger partial charge in [-0.05, 0) is 31.7 Å². The molecule has 3 atom stereocenters. The summed E-state index contributed by atoms with van der Waals surface area (Å²) in [4.78, 5) is 0. The van der Waals surface area contributed by atoms with Crippen LogP contribution in [0.2, 0.25) is 0 Å². The van der Waals surface area contributed by atoms with E-state index < -0.39 is 0 Å². The van der Waals surface area contributed by atoms with E-state index in [1.807, 2.05) is 0 Å². The van der Waals surface area contributed by atoms with Gasteiger partial charge in [0.05, 0.1) is 12.2 Å². The van der Waals surface area contributed by atoms with Gasteiger partial charge >= 0.3 is 0 Å². The summed E-state index contributed by atoms with van der Waals surface area (Å²) < 4.78 is 11.5. The van der Waals surface area contributed by atoms with Crippen LogP contribution in [0.5, 0.6) is 0 Å². The number of likely N-dealkylation sites (N-methyl/N-ethyl adjacent to an activating group) is 1. The van der Waals surface area contributed by atoms with E-state index in [0.717, 1.165) is 25.5 Å². The molecule has 2 fully saturated rings. The number of nitrogens with one attached hydrogen (secondary N) is 1. The second kappa shape index (κ2) is 5.99. The Labute approximate surface area is 98.9 Å². The van der Waals surface area contributed by atoms with E-state index in [1.165, 1.54) is 25.7 Å². The molecule has 2 saturated carbocycles. The summed E-state index contributed by atoms with van der Waals surface area (Å²) in [5, 5.41) is 3.44. The van der Waals surface area contributed by atoms with Gasteiger partial charge in [0.1, 0.15) is 0 Å². The molecule has 0 heterocycles. The summed E-state index contributed by atoms with van der Waals surface area (Å²) >= 11 is 0. The van der Waals surface area contributed by atoms with Crippen molar-refractivity contribution in [1.29, 1.82) is 0 Å². The van der Waals surface area contributed by atoms with Crippen molar-refractivity contribution in [2.75, 3.05) is 20.3 Å². The zero-order valence-electron chi connectivity index (χ0n) is 10.6. The molecule has 0 aromatic rings. The topological polar surface area (TPSA) is 30.5 Å². The average molecular weight is 227 g/mol. The molecule has 2 rings (SSSR count). The van der Waals surface area contributed by atoms with Crippen LogP contribution in [-0.2, 0) is 9.47 Å². The highest BCUT2D eigenvalue weighted by Gasteiger charge is 2.41. The molecule has 3 heteroatoms. The van der Waals surface area contributed by atoms with Crippen molar-refractivity contribution in [2.45, 2.75) is 57.3 Å². The summed E-state index contributed by atoms with van der Waals surface area (Å²) in [6.07, 6.45) is 7.22. The lowest BCUT2D eigenvalue weighted by Gasteiger charge is -2.43.